The molecule has 2 amide bonds. The lowest BCUT2D eigenvalue weighted by Crippen LogP contribution is -2.43. The van der Waals surface area contributed by atoms with Crippen LogP contribution < -0.4 is 10.1 Å². The topological polar surface area (TPSA) is 112 Å². The minimum Gasteiger partial charge on any atom is -0.480 e. The van der Waals surface area contributed by atoms with E-state index in [4.69, 9.17) is 9.84 Å². The molecule has 1 fully saturated rings. The fourth-order valence-corrected chi connectivity index (χ4v) is 2.16. The number of β-amino-alcohol motifs (C(OH)–C–C–N with tert-alkyl or cyclic N) is 1. The molecule has 8 nitrogen and oxygen atoms in total. The lowest BCUT2D eigenvalue weighted by atomic mass is 10.2. The van der Waals surface area contributed by atoms with E-state index in [0.717, 1.165) is 4.90 Å². The first kappa shape index (κ1) is 15.0. The summed E-state index contributed by atoms with van der Waals surface area (Å²) in [5, 5.41) is 21.1. The number of amides is 2. The van der Waals surface area contributed by atoms with Crippen molar-refractivity contribution in [2.24, 2.45) is 0 Å². The van der Waals surface area contributed by atoms with Crippen LogP contribution in [0, 0.1) is 0 Å². The number of anilines is 1. The molecule has 2 heterocycles. The average molecular weight is 295 g/mol. The van der Waals surface area contributed by atoms with Crippen molar-refractivity contribution in [3.63, 3.8) is 0 Å². The fourth-order valence-electron chi connectivity index (χ4n) is 2.16. The number of hydrogen-bond donors (Lipinski definition) is 3. The molecule has 1 unspecified atom stereocenters. The quantitative estimate of drug-likeness (QED) is 0.747. The second-order valence-corrected chi connectivity index (χ2v) is 4.64. The van der Waals surface area contributed by atoms with Gasteiger partial charge >= 0.3 is 12.0 Å². The molecule has 0 spiro atoms. The monoisotopic (exact) mass is 295 g/mol. The van der Waals surface area contributed by atoms with Crippen molar-refractivity contribution in [3.05, 3.63) is 18.3 Å². The number of likely N-dealkylation sites (tertiary alicyclic amines) is 1. The van der Waals surface area contributed by atoms with Gasteiger partial charge in [0.1, 0.15) is 6.04 Å². The van der Waals surface area contributed by atoms with Crippen LogP contribution in [0.15, 0.2) is 18.3 Å². The van der Waals surface area contributed by atoms with Gasteiger partial charge in [-0.1, -0.05) is 0 Å². The van der Waals surface area contributed by atoms with E-state index in [1.54, 1.807) is 12.1 Å². The summed E-state index contributed by atoms with van der Waals surface area (Å²) in [5.74, 6) is -0.693. The van der Waals surface area contributed by atoms with Crippen LogP contribution in [-0.2, 0) is 4.79 Å². The minimum atomic E-state index is -1.13. The molecule has 0 radical (unpaired) electrons. The molecule has 0 saturated carbocycles. The number of aliphatic carboxylic acids is 1. The Bertz CT molecular complexity index is 519. The number of nitrogens with zero attached hydrogens (tertiary/aromatic N) is 2. The standard InChI is InChI=1S/C13H17N3O5/c1-2-21-11-4-3-8(6-14-11)15-13(20)16-7-9(17)5-10(16)12(18)19/h3-4,6,9-10,17H,2,5,7H2,1H3,(H,15,20)(H,18,19)/t9?,10-/m0/s1. The third-order valence-corrected chi connectivity index (χ3v) is 3.10. The number of aliphatic hydroxyl groups excluding tert-OH is 1. The van der Waals surface area contributed by atoms with Crippen LogP contribution in [0.25, 0.3) is 0 Å². The maximum Gasteiger partial charge on any atom is 0.326 e. The highest BCUT2D eigenvalue weighted by Crippen LogP contribution is 2.20. The van der Waals surface area contributed by atoms with Crippen LogP contribution in [0.3, 0.4) is 0 Å². The summed E-state index contributed by atoms with van der Waals surface area (Å²) in [5.41, 5.74) is 0.425. The van der Waals surface area contributed by atoms with Gasteiger partial charge in [0.25, 0.3) is 0 Å². The molecule has 0 aromatic carbocycles. The summed E-state index contributed by atoms with van der Waals surface area (Å²) >= 11 is 0. The molecule has 1 aromatic rings. The number of carbonyl (C=O) groups is 2. The van der Waals surface area contributed by atoms with Crippen molar-refractivity contribution < 1.29 is 24.5 Å². The highest BCUT2D eigenvalue weighted by atomic mass is 16.5. The van der Waals surface area contributed by atoms with Gasteiger partial charge in [-0.3, -0.25) is 0 Å². The molecule has 114 valence electrons. The number of pyridine rings is 1. The van der Waals surface area contributed by atoms with E-state index < -0.39 is 24.1 Å². The summed E-state index contributed by atoms with van der Waals surface area (Å²) in [6, 6.07) is 1.62. The Morgan fingerprint density at radius 1 is 1.52 bits per heavy atom. The molecule has 2 rings (SSSR count). The molecule has 1 saturated heterocycles. The zero-order valence-corrected chi connectivity index (χ0v) is 11.5. The smallest absolute Gasteiger partial charge is 0.326 e. The lowest BCUT2D eigenvalue weighted by molar-refractivity contribution is -0.141. The first-order valence-electron chi connectivity index (χ1n) is 6.58. The van der Waals surface area contributed by atoms with Gasteiger partial charge in [0.15, 0.2) is 0 Å². The van der Waals surface area contributed by atoms with Crippen LogP contribution in [0.1, 0.15) is 13.3 Å². The highest BCUT2D eigenvalue weighted by molar-refractivity contribution is 5.92. The van der Waals surface area contributed by atoms with Crippen molar-refractivity contribution in [3.8, 4) is 5.88 Å². The van der Waals surface area contributed by atoms with E-state index in [2.05, 4.69) is 10.3 Å². The predicted octanol–water partition coefficient (Wildman–Crippen LogP) is 0.532. The second-order valence-electron chi connectivity index (χ2n) is 4.64. The summed E-state index contributed by atoms with van der Waals surface area (Å²) in [7, 11) is 0. The van der Waals surface area contributed by atoms with Crippen molar-refractivity contribution >= 4 is 17.7 Å². The third-order valence-electron chi connectivity index (χ3n) is 3.10. The van der Waals surface area contributed by atoms with Crippen molar-refractivity contribution in [2.75, 3.05) is 18.5 Å². The number of aromatic nitrogens is 1. The van der Waals surface area contributed by atoms with Crippen molar-refractivity contribution in [1.82, 2.24) is 9.88 Å². The Labute approximate surface area is 121 Å². The van der Waals surface area contributed by atoms with Gasteiger partial charge in [-0.05, 0) is 13.0 Å². The summed E-state index contributed by atoms with van der Waals surface area (Å²) in [6.45, 7) is 2.32. The molecule has 8 heteroatoms. The zero-order chi connectivity index (χ0) is 15.4. The summed E-state index contributed by atoms with van der Waals surface area (Å²) in [4.78, 5) is 28.2. The molecule has 3 N–H and O–H groups in total. The second kappa shape index (κ2) is 6.40. The summed E-state index contributed by atoms with van der Waals surface area (Å²) < 4.78 is 5.18. The van der Waals surface area contributed by atoms with Crippen LogP contribution in [0.4, 0.5) is 10.5 Å². The van der Waals surface area contributed by atoms with Gasteiger partial charge in [-0.15, -0.1) is 0 Å². The Morgan fingerprint density at radius 2 is 2.29 bits per heavy atom. The normalized spacial score (nSPS) is 21.1. The average Bonchev–Trinajstić information content (AvgIpc) is 2.84. The largest absolute Gasteiger partial charge is 0.480 e. The number of carboxylic acids is 1. The number of urea groups is 1. The van der Waals surface area contributed by atoms with E-state index in [-0.39, 0.29) is 13.0 Å². The molecular formula is C13H17N3O5. The molecule has 1 aromatic heterocycles. The maximum atomic E-state index is 12.1. The van der Waals surface area contributed by atoms with Crippen molar-refractivity contribution in [2.45, 2.75) is 25.5 Å². The van der Waals surface area contributed by atoms with Gasteiger partial charge in [0.2, 0.25) is 5.88 Å². The first-order chi connectivity index (χ1) is 10.0. The fraction of sp³-hybridized carbons (Fsp3) is 0.462. The minimum absolute atomic E-state index is 0.00669. The molecule has 1 aliphatic heterocycles. The van der Waals surface area contributed by atoms with E-state index in [0.29, 0.717) is 18.2 Å². The number of hydrogen-bond acceptors (Lipinski definition) is 5. The van der Waals surface area contributed by atoms with Gasteiger partial charge in [0.05, 0.1) is 24.6 Å². The summed E-state index contributed by atoms with van der Waals surface area (Å²) in [6.07, 6.45) is 0.630. The Morgan fingerprint density at radius 3 is 2.86 bits per heavy atom. The lowest BCUT2D eigenvalue weighted by Gasteiger charge is -2.21. The number of nitrogens with one attached hydrogen (secondary N) is 1. The third kappa shape index (κ3) is 3.60. The van der Waals surface area contributed by atoms with Crippen LogP contribution in [-0.4, -0.2) is 57.4 Å². The van der Waals surface area contributed by atoms with Crippen molar-refractivity contribution in [1.29, 1.82) is 0 Å². The van der Waals surface area contributed by atoms with Gasteiger partial charge < -0.3 is 25.2 Å². The number of aliphatic hydroxyl groups is 1. The molecule has 21 heavy (non-hydrogen) atoms. The zero-order valence-electron chi connectivity index (χ0n) is 11.5. The highest BCUT2D eigenvalue weighted by Gasteiger charge is 2.38. The Kier molecular flexibility index (Phi) is 4.59. The molecular weight excluding hydrogens is 278 g/mol. The van der Waals surface area contributed by atoms with Gasteiger partial charge in [0, 0.05) is 19.0 Å². The molecule has 0 aliphatic carbocycles. The molecule has 0 bridgehead atoms. The van der Waals surface area contributed by atoms with Crippen LogP contribution in [0.2, 0.25) is 0 Å². The van der Waals surface area contributed by atoms with E-state index in [1.807, 2.05) is 6.92 Å². The van der Waals surface area contributed by atoms with Gasteiger partial charge in [-0.2, -0.15) is 0 Å². The Balaban J connectivity index is 2.01. The molecule has 1 aliphatic rings. The Hall–Kier alpha value is -2.35. The number of ether oxygens (including phenoxy) is 1. The van der Waals surface area contributed by atoms with E-state index >= 15 is 0 Å². The van der Waals surface area contributed by atoms with E-state index in [9.17, 15) is 14.7 Å². The van der Waals surface area contributed by atoms with Crippen LogP contribution in [0.5, 0.6) is 5.88 Å². The number of carbonyl (C=O) groups excluding carboxylic acids is 1. The SMILES string of the molecule is CCOc1ccc(NC(=O)N2CC(O)C[C@H]2C(=O)O)cn1. The number of carboxylic acid groups (broad SMARTS) is 1. The number of rotatable bonds is 4. The van der Waals surface area contributed by atoms with E-state index in [1.165, 1.54) is 6.20 Å². The predicted molar refractivity (Wildman–Crippen MR) is 73.2 cm³/mol. The van der Waals surface area contributed by atoms with Crippen LogP contribution >= 0.6 is 0 Å². The van der Waals surface area contributed by atoms with Gasteiger partial charge in [-0.25, -0.2) is 14.6 Å². The first-order valence-corrected chi connectivity index (χ1v) is 6.58. The maximum absolute atomic E-state index is 12.1. The molecule has 2 atom stereocenters.